The van der Waals surface area contributed by atoms with Crippen LogP contribution < -0.4 is 9.46 Å². The highest BCUT2D eigenvalue weighted by Gasteiger charge is 2.16. The van der Waals surface area contributed by atoms with Crippen molar-refractivity contribution in [3.8, 4) is 5.75 Å². The van der Waals surface area contributed by atoms with E-state index in [1.54, 1.807) is 6.92 Å². The molecule has 0 radical (unpaired) electrons. The number of rotatable bonds is 7. The Morgan fingerprint density at radius 2 is 2.05 bits per heavy atom. The average Bonchev–Trinajstić information content (AvgIpc) is 2.31. The van der Waals surface area contributed by atoms with Crippen molar-refractivity contribution in [1.29, 1.82) is 0 Å². The summed E-state index contributed by atoms with van der Waals surface area (Å²) >= 11 is 0. The van der Waals surface area contributed by atoms with Crippen LogP contribution in [-0.4, -0.2) is 21.6 Å². The molecule has 0 bridgehead atoms. The molecule has 0 saturated heterocycles. The standard InChI is InChI=1S/C13H20FNO3S/c1-4-18-13-6-5-11(9-12(13)14)19(16,17)15-8-7-10(2)3/h5-6,9-10,15H,4,7-8H2,1-3H3. The predicted octanol–water partition coefficient (Wildman–Crippen LogP) is 2.55. The van der Waals surface area contributed by atoms with Gasteiger partial charge in [0.15, 0.2) is 11.6 Å². The second-order valence-electron chi connectivity index (χ2n) is 4.61. The van der Waals surface area contributed by atoms with Crippen molar-refractivity contribution in [2.45, 2.75) is 32.1 Å². The van der Waals surface area contributed by atoms with Gasteiger partial charge in [0.25, 0.3) is 0 Å². The van der Waals surface area contributed by atoms with Crippen molar-refractivity contribution < 1.29 is 17.5 Å². The summed E-state index contributed by atoms with van der Waals surface area (Å²) in [6.45, 7) is 6.41. The van der Waals surface area contributed by atoms with Crippen molar-refractivity contribution in [2.75, 3.05) is 13.2 Å². The summed E-state index contributed by atoms with van der Waals surface area (Å²) in [6.07, 6.45) is 0.735. The van der Waals surface area contributed by atoms with Crippen LogP contribution in [0.2, 0.25) is 0 Å². The quantitative estimate of drug-likeness (QED) is 0.839. The van der Waals surface area contributed by atoms with E-state index < -0.39 is 15.8 Å². The minimum atomic E-state index is -3.66. The molecule has 0 aromatic heterocycles. The van der Waals surface area contributed by atoms with Crippen molar-refractivity contribution in [1.82, 2.24) is 4.72 Å². The third kappa shape index (κ3) is 4.80. The summed E-state index contributed by atoms with van der Waals surface area (Å²) in [7, 11) is -3.66. The molecule has 0 spiro atoms. The summed E-state index contributed by atoms with van der Waals surface area (Å²) in [5.41, 5.74) is 0. The maximum atomic E-state index is 13.6. The molecule has 0 fully saturated rings. The molecule has 0 heterocycles. The van der Waals surface area contributed by atoms with Crippen molar-refractivity contribution >= 4 is 10.0 Å². The van der Waals surface area contributed by atoms with E-state index in [1.165, 1.54) is 12.1 Å². The van der Waals surface area contributed by atoms with Crippen LogP contribution in [0.1, 0.15) is 27.2 Å². The van der Waals surface area contributed by atoms with Gasteiger partial charge in [0.1, 0.15) is 0 Å². The van der Waals surface area contributed by atoms with Crippen LogP contribution in [0.15, 0.2) is 23.1 Å². The van der Waals surface area contributed by atoms with Crippen molar-refractivity contribution in [2.24, 2.45) is 5.92 Å². The number of benzene rings is 1. The monoisotopic (exact) mass is 289 g/mol. The van der Waals surface area contributed by atoms with Gasteiger partial charge in [0.05, 0.1) is 11.5 Å². The average molecular weight is 289 g/mol. The van der Waals surface area contributed by atoms with E-state index in [1.807, 2.05) is 13.8 Å². The number of hydrogen-bond donors (Lipinski definition) is 1. The van der Waals surface area contributed by atoms with E-state index in [2.05, 4.69) is 4.72 Å². The van der Waals surface area contributed by atoms with E-state index >= 15 is 0 Å². The Bertz CT molecular complexity index is 515. The molecular weight excluding hydrogens is 269 g/mol. The van der Waals surface area contributed by atoms with Crippen LogP contribution in [0.3, 0.4) is 0 Å². The Morgan fingerprint density at radius 3 is 2.58 bits per heavy atom. The molecule has 0 aliphatic rings. The summed E-state index contributed by atoms with van der Waals surface area (Å²) in [4.78, 5) is -0.0859. The molecule has 0 amide bonds. The van der Waals surface area contributed by atoms with Gasteiger partial charge in [0.2, 0.25) is 10.0 Å². The van der Waals surface area contributed by atoms with Crippen LogP contribution in [0.4, 0.5) is 4.39 Å². The van der Waals surface area contributed by atoms with Gasteiger partial charge >= 0.3 is 0 Å². The van der Waals surface area contributed by atoms with Gasteiger partial charge in [-0.25, -0.2) is 17.5 Å². The Balaban J connectivity index is 2.81. The lowest BCUT2D eigenvalue weighted by molar-refractivity contribution is 0.321. The lowest BCUT2D eigenvalue weighted by atomic mass is 10.1. The van der Waals surface area contributed by atoms with Gasteiger partial charge < -0.3 is 4.74 Å². The molecule has 108 valence electrons. The first-order valence-electron chi connectivity index (χ1n) is 6.29. The lowest BCUT2D eigenvalue weighted by Gasteiger charge is -2.10. The molecule has 0 aliphatic carbocycles. The Morgan fingerprint density at radius 1 is 1.37 bits per heavy atom. The molecular formula is C13H20FNO3S. The number of nitrogens with one attached hydrogen (secondary N) is 1. The van der Waals surface area contributed by atoms with E-state index in [0.29, 0.717) is 19.1 Å². The van der Waals surface area contributed by atoms with Crippen molar-refractivity contribution in [3.05, 3.63) is 24.0 Å². The Hall–Kier alpha value is -1.14. The number of ether oxygens (including phenoxy) is 1. The molecule has 1 N–H and O–H groups in total. The first-order chi connectivity index (χ1) is 8.86. The molecule has 0 atom stereocenters. The first kappa shape index (κ1) is 15.9. The molecule has 0 saturated carbocycles. The fraction of sp³-hybridized carbons (Fsp3) is 0.538. The molecule has 1 rings (SSSR count). The fourth-order valence-corrected chi connectivity index (χ4v) is 2.55. The zero-order chi connectivity index (χ0) is 14.5. The molecule has 1 aromatic carbocycles. The van der Waals surface area contributed by atoms with E-state index in [-0.39, 0.29) is 10.6 Å². The summed E-state index contributed by atoms with van der Waals surface area (Å²) in [5.74, 6) is -0.211. The smallest absolute Gasteiger partial charge is 0.240 e. The zero-order valence-electron chi connectivity index (χ0n) is 11.4. The van der Waals surface area contributed by atoms with Crippen molar-refractivity contribution in [3.63, 3.8) is 0 Å². The SMILES string of the molecule is CCOc1ccc(S(=O)(=O)NCCC(C)C)cc1F. The van der Waals surface area contributed by atoms with E-state index in [9.17, 15) is 12.8 Å². The molecule has 1 aromatic rings. The van der Waals surface area contributed by atoms with Gasteiger partial charge in [-0.2, -0.15) is 0 Å². The van der Waals surface area contributed by atoms with E-state index in [0.717, 1.165) is 12.5 Å². The number of halogens is 1. The largest absolute Gasteiger partial charge is 0.491 e. The van der Waals surface area contributed by atoms with Crippen LogP contribution >= 0.6 is 0 Å². The Labute approximate surface area is 114 Å². The summed E-state index contributed by atoms with van der Waals surface area (Å²) in [6, 6.07) is 3.64. The normalized spacial score (nSPS) is 11.8. The highest BCUT2D eigenvalue weighted by molar-refractivity contribution is 7.89. The van der Waals surface area contributed by atoms with Gasteiger partial charge in [-0.1, -0.05) is 13.8 Å². The molecule has 4 nitrogen and oxygen atoms in total. The maximum Gasteiger partial charge on any atom is 0.240 e. The van der Waals surface area contributed by atoms with Crippen LogP contribution in [0.25, 0.3) is 0 Å². The van der Waals surface area contributed by atoms with Gasteiger partial charge in [0, 0.05) is 6.54 Å². The van der Waals surface area contributed by atoms with Gasteiger partial charge in [-0.05, 0) is 37.5 Å². The maximum absolute atomic E-state index is 13.6. The summed E-state index contributed by atoms with van der Waals surface area (Å²) in [5, 5.41) is 0. The Kier molecular flexibility index (Phi) is 5.75. The number of hydrogen-bond acceptors (Lipinski definition) is 3. The van der Waals surface area contributed by atoms with E-state index in [4.69, 9.17) is 4.74 Å². The van der Waals surface area contributed by atoms with Gasteiger partial charge in [-0.3, -0.25) is 0 Å². The van der Waals surface area contributed by atoms with Crippen LogP contribution in [0, 0.1) is 11.7 Å². The van der Waals surface area contributed by atoms with Gasteiger partial charge in [-0.15, -0.1) is 0 Å². The second kappa shape index (κ2) is 6.86. The molecule has 0 aliphatic heterocycles. The summed E-state index contributed by atoms with van der Waals surface area (Å²) < 4.78 is 44.9. The highest BCUT2D eigenvalue weighted by Crippen LogP contribution is 2.21. The topological polar surface area (TPSA) is 55.4 Å². The second-order valence-corrected chi connectivity index (χ2v) is 6.37. The number of sulfonamides is 1. The van der Waals surface area contributed by atoms with Crippen LogP contribution in [-0.2, 0) is 10.0 Å². The minimum Gasteiger partial charge on any atom is -0.491 e. The third-order valence-electron chi connectivity index (χ3n) is 2.53. The predicted molar refractivity (Wildman–Crippen MR) is 72.2 cm³/mol. The fourth-order valence-electron chi connectivity index (χ4n) is 1.49. The highest BCUT2D eigenvalue weighted by atomic mass is 32.2. The zero-order valence-corrected chi connectivity index (χ0v) is 12.3. The molecule has 19 heavy (non-hydrogen) atoms. The first-order valence-corrected chi connectivity index (χ1v) is 7.77. The lowest BCUT2D eigenvalue weighted by Crippen LogP contribution is -2.25. The third-order valence-corrected chi connectivity index (χ3v) is 3.99. The van der Waals surface area contributed by atoms with Crippen LogP contribution in [0.5, 0.6) is 5.75 Å². The molecule has 0 unspecified atom stereocenters. The molecule has 6 heteroatoms. The minimum absolute atomic E-state index is 0.0589.